The molecule has 3 N–H and O–H groups in total. The molecule has 2 rings (SSSR count). The van der Waals surface area contributed by atoms with Crippen LogP contribution >= 0.6 is 15.9 Å². The van der Waals surface area contributed by atoms with E-state index in [-0.39, 0.29) is 15.8 Å². The number of nitrogens with two attached hydrogens (primary N) is 1. The number of nitrogens with one attached hydrogen (secondary N) is 1. The molecule has 2 nitrogen and oxygen atoms in total. The Kier molecular flexibility index (Phi) is 4.08. The largest absolute Gasteiger partial charge is 0.416 e. The van der Waals surface area contributed by atoms with E-state index in [1.807, 2.05) is 0 Å². The quantitative estimate of drug-likeness (QED) is 0.575. The number of alkyl halides is 3. The van der Waals surface area contributed by atoms with Crippen LogP contribution in [0.2, 0.25) is 0 Å². The summed E-state index contributed by atoms with van der Waals surface area (Å²) < 4.78 is 64.9. The SMILES string of the molecule is Nc1cc(Br)c(F)cc1Nc1cc(C(F)(F)F)ccc1F. The standard InChI is InChI=1S/C13H8BrF5N2/c14-7-4-10(20)12(5-9(7)16)21-11-3-6(13(17,18)19)1-2-8(11)15/h1-5,21H,20H2. The van der Waals surface area contributed by atoms with Gasteiger partial charge in [0, 0.05) is 6.07 Å². The minimum absolute atomic E-state index is 0.0334. The molecule has 0 aromatic heterocycles. The van der Waals surface area contributed by atoms with Gasteiger partial charge in [0.25, 0.3) is 0 Å². The number of hydrogen-bond donors (Lipinski definition) is 2. The number of rotatable bonds is 2. The molecule has 0 aliphatic heterocycles. The summed E-state index contributed by atoms with van der Waals surface area (Å²) in [6.07, 6.45) is -4.61. The zero-order valence-electron chi connectivity index (χ0n) is 10.2. The van der Waals surface area contributed by atoms with Crippen molar-refractivity contribution in [3.63, 3.8) is 0 Å². The Morgan fingerprint density at radius 1 is 0.952 bits per heavy atom. The second-order valence-electron chi connectivity index (χ2n) is 4.17. The first-order valence-electron chi connectivity index (χ1n) is 5.57. The monoisotopic (exact) mass is 366 g/mol. The summed E-state index contributed by atoms with van der Waals surface area (Å²) in [4.78, 5) is 0. The fourth-order valence-corrected chi connectivity index (χ4v) is 1.97. The summed E-state index contributed by atoms with van der Waals surface area (Å²) in [5, 5.41) is 2.36. The van der Waals surface area contributed by atoms with Crippen molar-refractivity contribution in [1.82, 2.24) is 0 Å². The van der Waals surface area contributed by atoms with Crippen LogP contribution < -0.4 is 11.1 Å². The van der Waals surface area contributed by atoms with Crippen LogP contribution in [0.25, 0.3) is 0 Å². The highest BCUT2D eigenvalue weighted by atomic mass is 79.9. The Balaban J connectivity index is 2.42. The zero-order chi connectivity index (χ0) is 15.8. The lowest BCUT2D eigenvalue weighted by molar-refractivity contribution is -0.137. The van der Waals surface area contributed by atoms with Crippen molar-refractivity contribution < 1.29 is 22.0 Å². The molecule has 0 fully saturated rings. The third kappa shape index (κ3) is 3.44. The van der Waals surface area contributed by atoms with E-state index < -0.39 is 29.1 Å². The van der Waals surface area contributed by atoms with Gasteiger partial charge in [-0.1, -0.05) is 0 Å². The first kappa shape index (κ1) is 15.6. The molecule has 8 heteroatoms. The smallest absolute Gasteiger partial charge is 0.397 e. The minimum Gasteiger partial charge on any atom is -0.397 e. The molecule has 112 valence electrons. The van der Waals surface area contributed by atoms with E-state index in [1.54, 1.807) is 0 Å². The van der Waals surface area contributed by atoms with Gasteiger partial charge in [0.1, 0.15) is 11.6 Å². The van der Waals surface area contributed by atoms with Gasteiger partial charge in [-0.25, -0.2) is 8.78 Å². The Labute approximate surface area is 124 Å². The number of hydrogen-bond acceptors (Lipinski definition) is 2. The molecule has 0 bridgehead atoms. The summed E-state index contributed by atoms with van der Waals surface area (Å²) in [5.74, 6) is -1.59. The van der Waals surface area contributed by atoms with E-state index in [2.05, 4.69) is 21.2 Å². The fourth-order valence-electron chi connectivity index (χ4n) is 1.61. The molecule has 0 unspecified atom stereocenters. The highest BCUT2D eigenvalue weighted by molar-refractivity contribution is 9.10. The van der Waals surface area contributed by atoms with Crippen molar-refractivity contribution >= 4 is 33.0 Å². The van der Waals surface area contributed by atoms with Crippen LogP contribution in [0.4, 0.5) is 39.0 Å². The van der Waals surface area contributed by atoms with E-state index >= 15 is 0 Å². The van der Waals surface area contributed by atoms with Gasteiger partial charge in [-0.3, -0.25) is 0 Å². The molecule has 0 aliphatic rings. The van der Waals surface area contributed by atoms with E-state index in [0.29, 0.717) is 18.2 Å². The highest BCUT2D eigenvalue weighted by Gasteiger charge is 2.31. The summed E-state index contributed by atoms with van der Waals surface area (Å²) in [5.41, 5.74) is 4.16. The lowest BCUT2D eigenvalue weighted by atomic mass is 10.1. The maximum atomic E-state index is 13.6. The third-order valence-corrected chi connectivity index (χ3v) is 3.26. The maximum absolute atomic E-state index is 13.6. The lowest BCUT2D eigenvalue weighted by Gasteiger charge is -2.13. The molecule has 0 spiro atoms. The summed E-state index contributed by atoms with van der Waals surface area (Å²) in [6.45, 7) is 0. The number of anilines is 3. The summed E-state index contributed by atoms with van der Waals surface area (Å²) in [7, 11) is 0. The van der Waals surface area contributed by atoms with Crippen LogP contribution in [0, 0.1) is 11.6 Å². The van der Waals surface area contributed by atoms with Gasteiger partial charge >= 0.3 is 6.18 Å². The molecular formula is C13H8BrF5N2. The van der Waals surface area contributed by atoms with E-state index in [9.17, 15) is 22.0 Å². The molecule has 0 saturated heterocycles. The number of halogens is 6. The van der Waals surface area contributed by atoms with Crippen LogP contribution in [-0.2, 0) is 6.18 Å². The van der Waals surface area contributed by atoms with Gasteiger partial charge in [0.2, 0.25) is 0 Å². The fraction of sp³-hybridized carbons (Fsp3) is 0.0769. The average Bonchev–Trinajstić information content (AvgIpc) is 2.37. The first-order chi connectivity index (χ1) is 9.68. The third-order valence-electron chi connectivity index (χ3n) is 2.66. The van der Waals surface area contributed by atoms with Crippen LogP contribution in [-0.4, -0.2) is 0 Å². The van der Waals surface area contributed by atoms with Crippen LogP contribution in [0.15, 0.2) is 34.8 Å². The lowest BCUT2D eigenvalue weighted by Crippen LogP contribution is -2.07. The molecule has 0 aliphatic carbocycles. The molecule has 0 saturated carbocycles. The highest BCUT2D eigenvalue weighted by Crippen LogP contribution is 2.34. The predicted octanol–water partition coefficient (Wildman–Crippen LogP) is 5.07. The molecule has 0 radical (unpaired) electrons. The van der Waals surface area contributed by atoms with Crippen LogP contribution in [0.3, 0.4) is 0 Å². The second kappa shape index (κ2) is 5.51. The Bertz CT molecular complexity index is 685. The van der Waals surface area contributed by atoms with Gasteiger partial charge in [0.05, 0.1) is 27.1 Å². The minimum atomic E-state index is -4.61. The molecule has 0 heterocycles. The Hall–Kier alpha value is -1.83. The first-order valence-corrected chi connectivity index (χ1v) is 6.36. The second-order valence-corrected chi connectivity index (χ2v) is 5.03. The molecular weight excluding hydrogens is 359 g/mol. The van der Waals surface area contributed by atoms with Crippen molar-refractivity contribution in [2.75, 3.05) is 11.1 Å². The van der Waals surface area contributed by atoms with Crippen molar-refractivity contribution in [2.24, 2.45) is 0 Å². The van der Waals surface area contributed by atoms with Gasteiger partial charge in [-0.15, -0.1) is 0 Å². The predicted molar refractivity (Wildman–Crippen MR) is 73.2 cm³/mol. The molecule has 2 aromatic carbocycles. The van der Waals surface area contributed by atoms with Crippen molar-refractivity contribution in [2.45, 2.75) is 6.18 Å². The molecule has 0 atom stereocenters. The van der Waals surface area contributed by atoms with Gasteiger partial charge in [-0.2, -0.15) is 13.2 Å². The van der Waals surface area contributed by atoms with E-state index in [0.717, 1.165) is 6.07 Å². The van der Waals surface area contributed by atoms with Gasteiger partial charge in [0.15, 0.2) is 0 Å². The van der Waals surface area contributed by atoms with Crippen molar-refractivity contribution in [1.29, 1.82) is 0 Å². The molecule has 0 amide bonds. The zero-order valence-corrected chi connectivity index (χ0v) is 11.8. The van der Waals surface area contributed by atoms with Gasteiger partial charge in [-0.05, 0) is 40.2 Å². The van der Waals surface area contributed by atoms with Crippen LogP contribution in [0.5, 0.6) is 0 Å². The van der Waals surface area contributed by atoms with Crippen molar-refractivity contribution in [3.05, 3.63) is 52.0 Å². The van der Waals surface area contributed by atoms with E-state index in [1.165, 1.54) is 6.07 Å². The summed E-state index contributed by atoms with van der Waals surface area (Å²) >= 11 is 2.91. The Morgan fingerprint density at radius 2 is 1.62 bits per heavy atom. The normalized spacial score (nSPS) is 11.5. The number of benzene rings is 2. The maximum Gasteiger partial charge on any atom is 0.416 e. The van der Waals surface area contributed by atoms with E-state index in [4.69, 9.17) is 5.73 Å². The topological polar surface area (TPSA) is 38.0 Å². The number of nitrogen functional groups attached to an aromatic ring is 1. The molecule has 2 aromatic rings. The van der Waals surface area contributed by atoms with Gasteiger partial charge < -0.3 is 11.1 Å². The average molecular weight is 367 g/mol. The summed E-state index contributed by atoms with van der Waals surface area (Å²) in [6, 6.07) is 4.07. The Morgan fingerprint density at radius 3 is 2.24 bits per heavy atom. The van der Waals surface area contributed by atoms with Crippen LogP contribution in [0.1, 0.15) is 5.56 Å². The molecule has 21 heavy (non-hydrogen) atoms. The van der Waals surface area contributed by atoms with Crippen molar-refractivity contribution in [3.8, 4) is 0 Å².